The summed E-state index contributed by atoms with van der Waals surface area (Å²) in [7, 11) is 1.76. The van der Waals surface area contributed by atoms with Crippen molar-refractivity contribution in [2.45, 2.75) is 60.9 Å². The number of rotatable bonds is 7. The highest BCUT2D eigenvalue weighted by atomic mass is 19.4. The average molecular weight is 620 g/mol. The number of aromatic nitrogens is 3. The fourth-order valence-electron chi connectivity index (χ4n) is 2.90. The summed E-state index contributed by atoms with van der Waals surface area (Å²) >= 11 is 0. The fraction of sp³-hybridized carbons (Fsp3) is 0.393. The van der Waals surface area contributed by atoms with Crippen molar-refractivity contribution in [3.8, 4) is 0 Å². The van der Waals surface area contributed by atoms with Gasteiger partial charge >= 0.3 is 12.9 Å². The molecule has 3 rings (SSSR count). The van der Waals surface area contributed by atoms with Gasteiger partial charge in [0.2, 0.25) is 11.9 Å². The Morgan fingerprint density at radius 3 is 2.16 bits per heavy atom. The number of hydrogen-bond acceptors (Lipinski definition) is 7. The van der Waals surface area contributed by atoms with Gasteiger partial charge < -0.3 is 21.3 Å². The summed E-state index contributed by atoms with van der Waals surface area (Å²) in [4.78, 5) is 35.6. The van der Waals surface area contributed by atoms with Crippen LogP contribution in [0.5, 0.6) is 0 Å². The molecule has 1 unspecified atom stereocenters. The molecule has 0 aromatic carbocycles. The summed E-state index contributed by atoms with van der Waals surface area (Å²) in [5, 5.41) is 10.7. The number of halogens is 6. The van der Waals surface area contributed by atoms with Gasteiger partial charge in [-0.3, -0.25) is 9.59 Å². The standard InChI is InChI=1S/C15H18N6O.C8H8F3NO.2C2H6.CHF3/c1-10(2)20-14(22)12-5-4-7-17-13(12)19-9-11-6-8-18-15(16-3)21-11;1-3-5-4-12-6(13)7(5,2)8(9,10)11;2*1-2;2-1(3)4/h4-8H,1,9H2,2-3H3,(H,17,19)(H,20,22)(H,16,18,21);3-4H,1H2,2H3,(H,12,13);2*1-2H3;1H. The number of allylic oxidation sites excluding steroid dienone is 2. The summed E-state index contributed by atoms with van der Waals surface area (Å²) in [5.41, 5.74) is -0.779. The number of carbonyl (C=O) groups is 2. The molecule has 2 amide bonds. The van der Waals surface area contributed by atoms with Crippen LogP contribution in [0.4, 0.5) is 38.1 Å². The molecule has 0 fully saturated rings. The molecule has 1 atom stereocenters. The van der Waals surface area contributed by atoms with E-state index in [1.165, 1.54) is 0 Å². The van der Waals surface area contributed by atoms with Gasteiger partial charge in [0.15, 0.2) is 5.41 Å². The van der Waals surface area contributed by atoms with Crippen LogP contribution >= 0.6 is 0 Å². The van der Waals surface area contributed by atoms with E-state index in [1.807, 2.05) is 33.0 Å². The van der Waals surface area contributed by atoms with Crippen molar-refractivity contribution >= 4 is 23.6 Å². The number of carbonyl (C=O) groups excluding carboxylic acids is 2. The SMILES string of the molecule is C=C(C)NC(=O)c1cccnc1NCc1ccnc(NC)n1.C=CC1=CNC(=O)C1(C)C(F)(F)F.CC.CC.FC(F)F. The number of anilines is 2. The number of amides is 2. The Hall–Kier alpha value is -4.43. The third-order valence-corrected chi connectivity index (χ3v) is 4.93. The van der Waals surface area contributed by atoms with Crippen molar-refractivity contribution < 1.29 is 35.9 Å². The number of pyridine rings is 1. The van der Waals surface area contributed by atoms with E-state index in [0.29, 0.717) is 29.6 Å². The van der Waals surface area contributed by atoms with Gasteiger partial charge in [-0.15, -0.1) is 0 Å². The molecule has 0 saturated carbocycles. The van der Waals surface area contributed by atoms with Gasteiger partial charge in [0.25, 0.3) is 5.91 Å². The van der Waals surface area contributed by atoms with Crippen LogP contribution in [0, 0.1) is 5.41 Å². The average Bonchev–Trinajstić information content (AvgIpc) is 3.28. The van der Waals surface area contributed by atoms with Crippen molar-refractivity contribution in [3.05, 3.63) is 78.6 Å². The molecule has 0 aliphatic carbocycles. The highest BCUT2D eigenvalue weighted by Crippen LogP contribution is 2.46. The zero-order chi connectivity index (χ0) is 33.8. The third kappa shape index (κ3) is 13.4. The molecule has 0 spiro atoms. The van der Waals surface area contributed by atoms with Gasteiger partial charge in [-0.2, -0.15) is 26.3 Å². The van der Waals surface area contributed by atoms with Gasteiger partial charge in [0.05, 0.1) is 17.8 Å². The first kappa shape index (κ1) is 40.7. The lowest BCUT2D eigenvalue weighted by molar-refractivity contribution is -0.201. The molecule has 0 radical (unpaired) electrons. The van der Waals surface area contributed by atoms with E-state index in [2.05, 4.69) is 44.1 Å². The number of alkyl halides is 6. The van der Waals surface area contributed by atoms with E-state index in [9.17, 15) is 35.9 Å². The first-order valence-electron chi connectivity index (χ1n) is 13.0. The number of nitrogens with zero attached hydrogens (tertiary/aromatic N) is 3. The molecule has 43 heavy (non-hydrogen) atoms. The van der Waals surface area contributed by atoms with Crippen molar-refractivity contribution in [1.29, 1.82) is 0 Å². The zero-order valence-electron chi connectivity index (χ0n) is 25.2. The maximum Gasteiger partial charge on any atom is 0.406 e. The van der Waals surface area contributed by atoms with Gasteiger partial charge in [0.1, 0.15) is 5.82 Å². The largest absolute Gasteiger partial charge is 0.406 e. The molecule has 2 aromatic rings. The second kappa shape index (κ2) is 20.4. The Kier molecular flexibility index (Phi) is 19.4. The van der Waals surface area contributed by atoms with Gasteiger partial charge in [-0.05, 0) is 37.6 Å². The quantitative estimate of drug-likeness (QED) is 0.252. The second-order valence-corrected chi connectivity index (χ2v) is 7.76. The van der Waals surface area contributed by atoms with Crippen molar-refractivity contribution in [3.63, 3.8) is 0 Å². The molecular formula is C28H39F6N7O2. The minimum Gasteiger partial charge on any atom is -0.364 e. The number of hydrogen-bond donors (Lipinski definition) is 4. The van der Waals surface area contributed by atoms with Gasteiger partial charge in [-0.25, -0.2) is 15.0 Å². The summed E-state index contributed by atoms with van der Waals surface area (Å²) in [6, 6.07) is 5.21. The molecule has 1 aliphatic rings. The minimum absolute atomic E-state index is 0.148. The van der Waals surface area contributed by atoms with E-state index in [-0.39, 0.29) is 11.5 Å². The van der Waals surface area contributed by atoms with Gasteiger partial charge in [-0.1, -0.05) is 46.9 Å². The van der Waals surface area contributed by atoms with E-state index < -0.39 is 24.2 Å². The second-order valence-electron chi connectivity index (χ2n) is 7.76. The molecular weight excluding hydrogens is 580 g/mol. The van der Waals surface area contributed by atoms with E-state index in [1.54, 1.807) is 44.6 Å². The normalized spacial score (nSPS) is 14.7. The van der Waals surface area contributed by atoms with Crippen LogP contribution < -0.4 is 21.3 Å². The maximum absolute atomic E-state index is 12.5. The lowest BCUT2D eigenvalue weighted by atomic mass is 9.83. The summed E-state index contributed by atoms with van der Waals surface area (Å²) < 4.78 is 66.4. The topological polar surface area (TPSA) is 121 Å². The molecule has 0 saturated heterocycles. The molecule has 15 heteroatoms. The Bertz CT molecular complexity index is 1200. The van der Waals surface area contributed by atoms with Crippen LogP contribution in [0.2, 0.25) is 0 Å². The third-order valence-electron chi connectivity index (χ3n) is 4.93. The van der Waals surface area contributed by atoms with Crippen molar-refractivity contribution in [1.82, 2.24) is 25.6 Å². The van der Waals surface area contributed by atoms with E-state index in [0.717, 1.165) is 24.9 Å². The minimum atomic E-state index is -4.59. The smallest absolute Gasteiger partial charge is 0.364 e. The van der Waals surface area contributed by atoms with Gasteiger partial charge in [0, 0.05) is 31.3 Å². The lowest BCUT2D eigenvalue weighted by Gasteiger charge is -2.26. The first-order chi connectivity index (χ1) is 20.2. The molecule has 1 aliphatic heterocycles. The first-order valence-corrected chi connectivity index (χ1v) is 13.0. The predicted molar refractivity (Wildman–Crippen MR) is 156 cm³/mol. The highest BCUT2D eigenvalue weighted by molar-refractivity contribution is 5.99. The Balaban J connectivity index is 0. The fourth-order valence-corrected chi connectivity index (χ4v) is 2.90. The molecule has 9 nitrogen and oxygen atoms in total. The Morgan fingerprint density at radius 1 is 1.12 bits per heavy atom. The zero-order valence-corrected chi connectivity index (χ0v) is 25.2. The van der Waals surface area contributed by atoms with E-state index >= 15 is 0 Å². The Labute approximate surface area is 248 Å². The molecule has 240 valence electrons. The van der Waals surface area contributed by atoms with Crippen LogP contribution in [0.25, 0.3) is 0 Å². The monoisotopic (exact) mass is 619 g/mol. The van der Waals surface area contributed by atoms with Crippen LogP contribution in [0.1, 0.15) is 57.6 Å². The molecule has 2 aromatic heterocycles. The van der Waals surface area contributed by atoms with E-state index in [4.69, 9.17) is 0 Å². The van der Waals surface area contributed by atoms with Crippen LogP contribution in [-0.2, 0) is 11.3 Å². The lowest BCUT2D eigenvalue weighted by Crippen LogP contribution is -2.43. The van der Waals surface area contributed by atoms with Crippen molar-refractivity contribution in [2.75, 3.05) is 17.7 Å². The van der Waals surface area contributed by atoms with Crippen molar-refractivity contribution in [2.24, 2.45) is 5.41 Å². The summed E-state index contributed by atoms with van der Waals surface area (Å²) in [6.45, 7) is 14.2. The molecule has 0 bridgehead atoms. The van der Waals surface area contributed by atoms with Crippen LogP contribution in [0.15, 0.2) is 67.3 Å². The van der Waals surface area contributed by atoms with Crippen LogP contribution in [-0.4, -0.2) is 46.7 Å². The Morgan fingerprint density at radius 2 is 1.70 bits per heavy atom. The predicted octanol–water partition coefficient (Wildman–Crippen LogP) is 6.77. The molecule has 4 N–H and O–H groups in total. The summed E-state index contributed by atoms with van der Waals surface area (Å²) in [5.74, 6) is -0.275. The maximum atomic E-state index is 12.5. The highest BCUT2D eigenvalue weighted by Gasteiger charge is 2.60. The van der Waals surface area contributed by atoms with Crippen LogP contribution in [0.3, 0.4) is 0 Å². The number of nitrogens with one attached hydrogen (secondary N) is 4. The summed E-state index contributed by atoms with van der Waals surface area (Å²) in [6.07, 6.45) is 0.768. The molecule has 3 heterocycles.